The molecule has 0 aromatic carbocycles. The number of allylic oxidation sites excluding steroid dienone is 1. The Balaban J connectivity index is 2.60. The van der Waals surface area contributed by atoms with Gasteiger partial charge in [-0.2, -0.15) is 0 Å². The molecule has 2 nitrogen and oxygen atoms in total. The summed E-state index contributed by atoms with van der Waals surface area (Å²) in [4.78, 5) is 2.07. The third-order valence-corrected chi connectivity index (χ3v) is 1.50. The van der Waals surface area contributed by atoms with Crippen molar-refractivity contribution in [1.29, 1.82) is 0 Å². The third kappa shape index (κ3) is 1.33. The maximum absolute atomic E-state index is 3.68. The summed E-state index contributed by atoms with van der Waals surface area (Å²) in [5.41, 5.74) is 1.28. The van der Waals surface area contributed by atoms with Crippen LogP contribution in [0.15, 0.2) is 24.6 Å². The smallest absolute Gasteiger partial charge is 0.0724 e. The molecule has 1 aliphatic heterocycles. The van der Waals surface area contributed by atoms with Crippen molar-refractivity contribution in [3.05, 3.63) is 24.6 Å². The molecular weight excluding hydrogens is 112 g/mol. The Morgan fingerprint density at radius 2 is 2.67 bits per heavy atom. The molecule has 1 rings (SSSR count). The van der Waals surface area contributed by atoms with Gasteiger partial charge in [0.1, 0.15) is 0 Å². The Morgan fingerprint density at radius 1 is 1.89 bits per heavy atom. The van der Waals surface area contributed by atoms with Crippen LogP contribution in [0.4, 0.5) is 0 Å². The van der Waals surface area contributed by atoms with Crippen molar-refractivity contribution >= 4 is 0 Å². The molecule has 0 amide bonds. The molecule has 0 fully saturated rings. The van der Waals surface area contributed by atoms with Crippen LogP contribution in [0.2, 0.25) is 0 Å². The molecule has 0 aliphatic carbocycles. The van der Waals surface area contributed by atoms with Crippen LogP contribution >= 0.6 is 0 Å². The largest absolute Gasteiger partial charge is 0.340 e. The quantitative estimate of drug-likeness (QED) is 0.558. The summed E-state index contributed by atoms with van der Waals surface area (Å²) in [6.45, 7) is 7.64. The highest BCUT2D eigenvalue weighted by atomic mass is 15.2. The second-order valence-corrected chi connectivity index (χ2v) is 2.11. The first kappa shape index (κ1) is 6.36. The van der Waals surface area contributed by atoms with Gasteiger partial charge in [-0.25, -0.2) is 0 Å². The van der Waals surface area contributed by atoms with E-state index >= 15 is 0 Å². The van der Waals surface area contributed by atoms with Crippen molar-refractivity contribution in [1.82, 2.24) is 10.2 Å². The molecule has 9 heavy (non-hydrogen) atoms. The molecular formula is C7H12N2. The second-order valence-electron chi connectivity index (χ2n) is 2.11. The zero-order valence-electron chi connectivity index (χ0n) is 5.72. The van der Waals surface area contributed by atoms with Crippen LogP contribution in [0.5, 0.6) is 0 Å². The second kappa shape index (κ2) is 2.69. The summed E-state index contributed by atoms with van der Waals surface area (Å²) in [7, 11) is 0. The lowest BCUT2D eigenvalue weighted by atomic mass is 10.3. The summed E-state index contributed by atoms with van der Waals surface area (Å²) in [6, 6.07) is 0. The van der Waals surface area contributed by atoms with E-state index in [1.807, 2.05) is 6.20 Å². The van der Waals surface area contributed by atoms with Crippen LogP contribution in [0.1, 0.15) is 6.92 Å². The summed E-state index contributed by atoms with van der Waals surface area (Å²) in [5.74, 6) is 0. The lowest BCUT2D eigenvalue weighted by Crippen LogP contribution is -2.33. The highest BCUT2D eigenvalue weighted by molar-refractivity contribution is 5.04. The fourth-order valence-corrected chi connectivity index (χ4v) is 0.855. The summed E-state index contributed by atoms with van der Waals surface area (Å²) in [6.07, 6.45) is 3.98. The van der Waals surface area contributed by atoms with Gasteiger partial charge in [-0.1, -0.05) is 12.7 Å². The van der Waals surface area contributed by atoms with Gasteiger partial charge in [0.05, 0.1) is 6.67 Å². The molecule has 0 radical (unpaired) electrons. The van der Waals surface area contributed by atoms with Crippen LogP contribution in [-0.2, 0) is 0 Å². The summed E-state index contributed by atoms with van der Waals surface area (Å²) in [5, 5.41) is 3.19. The molecule has 1 N–H and O–H groups in total. The van der Waals surface area contributed by atoms with Crippen molar-refractivity contribution < 1.29 is 0 Å². The first-order valence-corrected chi connectivity index (χ1v) is 3.11. The number of nitrogens with one attached hydrogen (secondary N) is 1. The van der Waals surface area contributed by atoms with E-state index in [9.17, 15) is 0 Å². The van der Waals surface area contributed by atoms with E-state index < -0.39 is 0 Å². The van der Waals surface area contributed by atoms with Gasteiger partial charge in [0.25, 0.3) is 0 Å². The molecule has 0 unspecified atom stereocenters. The Kier molecular flexibility index (Phi) is 1.90. The molecule has 0 atom stereocenters. The van der Waals surface area contributed by atoms with Crippen LogP contribution in [0, 0.1) is 0 Å². The SMILES string of the molecule is C=CN1CNCC=C1C. The molecule has 0 bridgehead atoms. The van der Waals surface area contributed by atoms with E-state index in [0.29, 0.717) is 0 Å². The lowest BCUT2D eigenvalue weighted by Gasteiger charge is -2.24. The molecule has 1 aliphatic rings. The topological polar surface area (TPSA) is 15.3 Å². The highest BCUT2D eigenvalue weighted by Crippen LogP contribution is 2.03. The van der Waals surface area contributed by atoms with Gasteiger partial charge in [0.15, 0.2) is 0 Å². The van der Waals surface area contributed by atoms with Crippen molar-refractivity contribution in [3.8, 4) is 0 Å². The Labute approximate surface area is 55.9 Å². The molecule has 1 heterocycles. The molecule has 0 saturated heterocycles. The van der Waals surface area contributed by atoms with E-state index in [0.717, 1.165) is 13.2 Å². The molecule has 50 valence electrons. The van der Waals surface area contributed by atoms with Crippen LogP contribution in [0.3, 0.4) is 0 Å². The Bertz CT molecular complexity index is 138. The minimum absolute atomic E-state index is 0.895. The zero-order valence-corrected chi connectivity index (χ0v) is 5.72. The Morgan fingerprint density at radius 3 is 3.11 bits per heavy atom. The zero-order chi connectivity index (χ0) is 6.69. The fourth-order valence-electron chi connectivity index (χ4n) is 0.855. The van der Waals surface area contributed by atoms with Crippen molar-refractivity contribution in [2.45, 2.75) is 6.92 Å². The molecule has 0 spiro atoms. The van der Waals surface area contributed by atoms with Gasteiger partial charge < -0.3 is 4.90 Å². The number of nitrogens with zero attached hydrogens (tertiary/aromatic N) is 1. The van der Waals surface area contributed by atoms with Gasteiger partial charge in [-0.05, 0) is 13.1 Å². The lowest BCUT2D eigenvalue weighted by molar-refractivity contribution is 0.404. The van der Waals surface area contributed by atoms with Gasteiger partial charge in [-0.3, -0.25) is 5.32 Å². The summed E-state index contributed by atoms with van der Waals surface area (Å²) < 4.78 is 0. The first-order chi connectivity index (χ1) is 4.34. The van der Waals surface area contributed by atoms with Gasteiger partial charge in [-0.15, -0.1) is 0 Å². The van der Waals surface area contributed by atoms with E-state index in [4.69, 9.17) is 0 Å². The van der Waals surface area contributed by atoms with E-state index in [2.05, 4.69) is 29.8 Å². The van der Waals surface area contributed by atoms with E-state index in [1.54, 1.807) is 0 Å². The van der Waals surface area contributed by atoms with Crippen LogP contribution in [-0.4, -0.2) is 18.1 Å². The highest BCUT2D eigenvalue weighted by Gasteiger charge is 2.02. The van der Waals surface area contributed by atoms with Crippen LogP contribution in [0.25, 0.3) is 0 Å². The minimum atomic E-state index is 0.895. The van der Waals surface area contributed by atoms with E-state index in [-0.39, 0.29) is 0 Å². The maximum atomic E-state index is 3.68. The number of hydrogen-bond acceptors (Lipinski definition) is 2. The predicted octanol–water partition coefficient (Wildman–Crippen LogP) is 0.896. The number of hydrogen-bond donors (Lipinski definition) is 1. The average Bonchev–Trinajstić information content (AvgIpc) is 1.89. The van der Waals surface area contributed by atoms with Crippen molar-refractivity contribution in [2.24, 2.45) is 0 Å². The predicted molar refractivity (Wildman–Crippen MR) is 38.7 cm³/mol. The minimum Gasteiger partial charge on any atom is -0.340 e. The monoisotopic (exact) mass is 124 g/mol. The van der Waals surface area contributed by atoms with E-state index in [1.165, 1.54) is 5.70 Å². The fraction of sp³-hybridized carbons (Fsp3) is 0.429. The maximum Gasteiger partial charge on any atom is 0.0724 e. The molecule has 2 heteroatoms. The van der Waals surface area contributed by atoms with Crippen molar-refractivity contribution in [3.63, 3.8) is 0 Å². The molecule has 0 saturated carbocycles. The summed E-state index contributed by atoms with van der Waals surface area (Å²) >= 11 is 0. The van der Waals surface area contributed by atoms with Gasteiger partial charge in [0, 0.05) is 12.2 Å². The average molecular weight is 124 g/mol. The van der Waals surface area contributed by atoms with Gasteiger partial charge >= 0.3 is 0 Å². The van der Waals surface area contributed by atoms with Gasteiger partial charge in [0.2, 0.25) is 0 Å². The first-order valence-electron chi connectivity index (χ1n) is 3.11. The normalized spacial score (nSPS) is 19.2. The standard InChI is InChI=1S/C7H12N2/c1-3-9-6-8-5-4-7(9)2/h3-4,8H,1,5-6H2,2H3. The van der Waals surface area contributed by atoms with Crippen LogP contribution < -0.4 is 5.32 Å². The Hall–Kier alpha value is -0.760. The van der Waals surface area contributed by atoms with Crippen molar-refractivity contribution in [2.75, 3.05) is 13.2 Å². The number of rotatable bonds is 1. The molecule has 0 aromatic rings. The third-order valence-electron chi connectivity index (χ3n) is 1.50. The molecule has 0 aromatic heterocycles.